The van der Waals surface area contributed by atoms with Gasteiger partial charge in [-0.05, 0) is 6.42 Å². The van der Waals surface area contributed by atoms with Crippen molar-refractivity contribution >= 4 is 17.8 Å². The highest BCUT2D eigenvalue weighted by molar-refractivity contribution is 5.42. The predicted molar refractivity (Wildman–Crippen MR) is 81.3 cm³/mol. The van der Waals surface area contributed by atoms with Crippen LogP contribution >= 0.6 is 0 Å². The van der Waals surface area contributed by atoms with Crippen molar-refractivity contribution in [3.63, 3.8) is 0 Å². The molecule has 2 aromatic rings. The highest BCUT2D eigenvalue weighted by Gasteiger charge is 2.08. The maximum Gasteiger partial charge on any atom is 0.231 e. The topological polar surface area (TPSA) is 96.7 Å². The Hall–Kier alpha value is -2.45. The zero-order chi connectivity index (χ0) is 15.2. The van der Waals surface area contributed by atoms with Gasteiger partial charge >= 0.3 is 0 Å². The van der Waals surface area contributed by atoms with Crippen molar-refractivity contribution < 1.29 is 0 Å². The minimum absolute atomic E-state index is 0.463. The van der Waals surface area contributed by atoms with Crippen molar-refractivity contribution in [3.8, 4) is 0 Å². The van der Waals surface area contributed by atoms with Crippen LogP contribution in [-0.2, 0) is 13.6 Å². The van der Waals surface area contributed by atoms with E-state index in [0.717, 1.165) is 13.0 Å². The Morgan fingerprint density at radius 1 is 1.14 bits per heavy atom. The van der Waals surface area contributed by atoms with E-state index < -0.39 is 0 Å². The summed E-state index contributed by atoms with van der Waals surface area (Å²) in [6.07, 6.45) is 2.66. The third-order valence-corrected chi connectivity index (χ3v) is 2.61. The Morgan fingerprint density at radius 3 is 2.43 bits per heavy atom. The number of aryl methyl sites for hydroxylation is 1. The SMILES string of the molecule is CCCNc1nc(NCc2ncn(C)n2)nc(N(C)C)n1. The molecule has 0 radical (unpaired) electrons. The first-order valence-electron chi connectivity index (χ1n) is 6.84. The van der Waals surface area contributed by atoms with Crippen LogP contribution in [0.5, 0.6) is 0 Å². The molecule has 114 valence electrons. The minimum atomic E-state index is 0.463. The lowest BCUT2D eigenvalue weighted by Crippen LogP contribution is -2.17. The lowest BCUT2D eigenvalue weighted by Gasteiger charge is -2.13. The number of nitrogens with zero attached hydrogens (tertiary/aromatic N) is 7. The number of anilines is 3. The van der Waals surface area contributed by atoms with E-state index in [1.807, 2.05) is 26.0 Å². The molecule has 0 aliphatic rings. The average molecular weight is 291 g/mol. The van der Waals surface area contributed by atoms with Gasteiger partial charge in [-0.2, -0.15) is 20.1 Å². The fraction of sp³-hybridized carbons (Fsp3) is 0.583. The highest BCUT2D eigenvalue weighted by atomic mass is 15.3. The van der Waals surface area contributed by atoms with E-state index in [-0.39, 0.29) is 0 Å². The molecular formula is C12H21N9. The minimum Gasteiger partial charge on any atom is -0.354 e. The van der Waals surface area contributed by atoms with Crippen LogP contribution in [0, 0.1) is 0 Å². The Morgan fingerprint density at radius 2 is 1.86 bits per heavy atom. The van der Waals surface area contributed by atoms with Gasteiger partial charge in [0.15, 0.2) is 5.82 Å². The Labute approximate surface area is 123 Å². The van der Waals surface area contributed by atoms with Crippen molar-refractivity contribution in [2.45, 2.75) is 19.9 Å². The molecule has 21 heavy (non-hydrogen) atoms. The lowest BCUT2D eigenvalue weighted by molar-refractivity contribution is 0.746. The first kappa shape index (κ1) is 14.9. The largest absolute Gasteiger partial charge is 0.354 e. The predicted octanol–water partition coefficient (Wildman–Crippen LogP) is 0.500. The number of nitrogens with one attached hydrogen (secondary N) is 2. The van der Waals surface area contributed by atoms with Crippen LogP contribution in [0.25, 0.3) is 0 Å². The number of aromatic nitrogens is 6. The van der Waals surface area contributed by atoms with Gasteiger partial charge in [0, 0.05) is 27.7 Å². The molecule has 0 unspecified atom stereocenters. The summed E-state index contributed by atoms with van der Waals surface area (Å²) in [6, 6.07) is 0. The van der Waals surface area contributed by atoms with Crippen molar-refractivity contribution in [2.75, 3.05) is 36.2 Å². The first-order valence-corrected chi connectivity index (χ1v) is 6.84. The van der Waals surface area contributed by atoms with Crippen molar-refractivity contribution in [2.24, 2.45) is 7.05 Å². The second kappa shape index (κ2) is 6.82. The van der Waals surface area contributed by atoms with Gasteiger partial charge in [0.05, 0.1) is 6.54 Å². The van der Waals surface area contributed by atoms with Crippen LogP contribution in [0.15, 0.2) is 6.33 Å². The van der Waals surface area contributed by atoms with Gasteiger partial charge in [0.2, 0.25) is 17.8 Å². The fourth-order valence-electron chi connectivity index (χ4n) is 1.58. The monoisotopic (exact) mass is 291 g/mol. The summed E-state index contributed by atoms with van der Waals surface area (Å²) in [4.78, 5) is 19.0. The summed E-state index contributed by atoms with van der Waals surface area (Å²) >= 11 is 0. The van der Waals surface area contributed by atoms with Crippen LogP contribution in [0.1, 0.15) is 19.2 Å². The molecular weight excluding hydrogens is 270 g/mol. The summed E-state index contributed by atoms with van der Waals surface area (Å²) in [5, 5.41) is 10.5. The Balaban J connectivity index is 2.11. The molecule has 0 aliphatic carbocycles. The first-order chi connectivity index (χ1) is 10.1. The van der Waals surface area contributed by atoms with E-state index >= 15 is 0 Å². The zero-order valence-corrected chi connectivity index (χ0v) is 12.8. The van der Waals surface area contributed by atoms with Gasteiger partial charge in [0.25, 0.3) is 0 Å². The molecule has 0 saturated heterocycles. The molecule has 9 heteroatoms. The van der Waals surface area contributed by atoms with Crippen LogP contribution in [-0.4, -0.2) is 50.4 Å². The standard InChI is InChI=1S/C12H21N9/c1-5-6-13-10-16-11(18-12(17-10)20(2)3)14-7-9-15-8-21(4)19-9/h8H,5-7H2,1-4H3,(H2,13,14,16,17,18). The van der Waals surface area contributed by atoms with Crippen molar-refractivity contribution in [1.82, 2.24) is 29.7 Å². The van der Waals surface area contributed by atoms with E-state index in [1.165, 1.54) is 0 Å². The second-order valence-corrected chi connectivity index (χ2v) is 4.79. The second-order valence-electron chi connectivity index (χ2n) is 4.79. The maximum atomic E-state index is 4.35. The third kappa shape index (κ3) is 4.26. The van der Waals surface area contributed by atoms with Gasteiger partial charge in [-0.25, -0.2) is 4.98 Å². The number of rotatable bonds is 7. The summed E-state index contributed by atoms with van der Waals surface area (Å²) in [6.45, 7) is 3.37. The highest BCUT2D eigenvalue weighted by Crippen LogP contribution is 2.11. The quantitative estimate of drug-likeness (QED) is 0.761. The summed E-state index contributed by atoms with van der Waals surface area (Å²) in [7, 11) is 5.61. The van der Waals surface area contributed by atoms with Gasteiger partial charge in [-0.3, -0.25) is 4.68 Å². The maximum absolute atomic E-state index is 4.35. The van der Waals surface area contributed by atoms with Crippen LogP contribution in [0.2, 0.25) is 0 Å². The van der Waals surface area contributed by atoms with Crippen LogP contribution in [0.3, 0.4) is 0 Å². The molecule has 0 saturated carbocycles. The molecule has 0 bridgehead atoms. The van der Waals surface area contributed by atoms with Gasteiger partial charge in [0.1, 0.15) is 6.33 Å². The number of hydrogen-bond donors (Lipinski definition) is 2. The fourth-order valence-corrected chi connectivity index (χ4v) is 1.58. The van der Waals surface area contributed by atoms with E-state index in [0.29, 0.717) is 30.2 Å². The van der Waals surface area contributed by atoms with Gasteiger partial charge < -0.3 is 15.5 Å². The molecule has 0 fully saturated rings. The smallest absolute Gasteiger partial charge is 0.231 e. The van der Waals surface area contributed by atoms with Gasteiger partial charge in [-0.15, -0.1) is 0 Å². The van der Waals surface area contributed by atoms with E-state index in [9.17, 15) is 0 Å². The average Bonchev–Trinajstić information content (AvgIpc) is 2.88. The molecule has 2 heterocycles. The van der Waals surface area contributed by atoms with Crippen LogP contribution < -0.4 is 15.5 Å². The molecule has 0 aromatic carbocycles. The molecule has 2 rings (SSSR count). The van der Waals surface area contributed by atoms with Crippen LogP contribution in [0.4, 0.5) is 17.8 Å². The lowest BCUT2D eigenvalue weighted by atomic mass is 10.5. The summed E-state index contributed by atoms with van der Waals surface area (Å²) < 4.78 is 1.66. The Bertz CT molecular complexity index is 578. The van der Waals surface area contributed by atoms with Crippen molar-refractivity contribution in [3.05, 3.63) is 12.2 Å². The van der Waals surface area contributed by atoms with E-state index in [2.05, 4.69) is 42.6 Å². The molecule has 0 aliphatic heterocycles. The molecule has 2 aromatic heterocycles. The van der Waals surface area contributed by atoms with E-state index in [1.54, 1.807) is 11.0 Å². The summed E-state index contributed by atoms with van der Waals surface area (Å²) in [5.74, 6) is 2.35. The normalized spacial score (nSPS) is 10.5. The van der Waals surface area contributed by atoms with Crippen molar-refractivity contribution in [1.29, 1.82) is 0 Å². The Kier molecular flexibility index (Phi) is 4.85. The van der Waals surface area contributed by atoms with E-state index in [4.69, 9.17) is 0 Å². The third-order valence-electron chi connectivity index (χ3n) is 2.61. The molecule has 0 amide bonds. The molecule has 2 N–H and O–H groups in total. The molecule has 0 spiro atoms. The number of hydrogen-bond acceptors (Lipinski definition) is 8. The summed E-state index contributed by atoms with van der Waals surface area (Å²) in [5.41, 5.74) is 0. The molecule has 9 nitrogen and oxygen atoms in total. The molecule has 0 atom stereocenters. The van der Waals surface area contributed by atoms with Gasteiger partial charge in [-0.1, -0.05) is 6.92 Å². The zero-order valence-electron chi connectivity index (χ0n) is 12.8.